The van der Waals surface area contributed by atoms with Crippen LogP contribution in [0.15, 0.2) is 71.6 Å². The average molecular weight is 397 g/mol. The summed E-state index contributed by atoms with van der Waals surface area (Å²) >= 11 is 0. The lowest BCUT2D eigenvalue weighted by Gasteiger charge is -2.26. The molecule has 1 N–H and O–H groups in total. The van der Waals surface area contributed by atoms with E-state index >= 15 is 0 Å². The molecule has 0 radical (unpaired) electrons. The Morgan fingerprint density at radius 2 is 1.54 bits per heavy atom. The van der Waals surface area contributed by atoms with Gasteiger partial charge in [0.15, 0.2) is 0 Å². The van der Waals surface area contributed by atoms with E-state index in [9.17, 15) is 8.42 Å². The Morgan fingerprint density at radius 1 is 0.893 bits per heavy atom. The maximum Gasteiger partial charge on any atom is 0.240 e. The van der Waals surface area contributed by atoms with Gasteiger partial charge in [-0.25, -0.2) is 13.1 Å². The van der Waals surface area contributed by atoms with E-state index in [0.717, 1.165) is 21.9 Å². The molecule has 0 saturated heterocycles. The first-order chi connectivity index (χ1) is 13.3. The second-order valence-corrected chi connectivity index (χ2v) is 9.39. The summed E-state index contributed by atoms with van der Waals surface area (Å²) in [6, 6.07) is 21.4. The van der Waals surface area contributed by atoms with Gasteiger partial charge >= 0.3 is 0 Å². The van der Waals surface area contributed by atoms with Gasteiger partial charge in [-0.3, -0.25) is 0 Å². The van der Waals surface area contributed by atoms with Crippen LogP contribution < -0.4 is 4.72 Å². The SMILES string of the molecule is CC(C)c1ccc(S(=O)(=O)NC[C@@H](c2cccc3ccccc23)N(C)C)cc1. The third-order valence-electron chi connectivity index (χ3n) is 5.13. The molecule has 0 fully saturated rings. The highest BCUT2D eigenvalue weighted by Crippen LogP contribution is 2.27. The van der Waals surface area contributed by atoms with E-state index in [1.54, 1.807) is 12.1 Å². The van der Waals surface area contributed by atoms with Crippen molar-refractivity contribution < 1.29 is 8.42 Å². The number of benzene rings is 3. The van der Waals surface area contributed by atoms with Gasteiger partial charge in [-0.15, -0.1) is 0 Å². The summed E-state index contributed by atoms with van der Waals surface area (Å²) in [5.74, 6) is 0.370. The predicted octanol–water partition coefficient (Wildman–Crippen LogP) is 4.54. The van der Waals surface area contributed by atoms with E-state index < -0.39 is 10.0 Å². The monoisotopic (exact) mass is 396 g/mol. The molecule has 0 heterocycles. The van der Waals surface area contributed by atoms with E-state index in [2.05, 4.69) is 42.8 Å². The molecule has 0 amide bonds. The Kier molecular flexibility index (Phi) is 6.18. The molecule has 0 bridgehead atoms. The van der Waals surface area contributed by atoms with E-state index in [0.29, 0.717) is 17.4 Å². The van der Waals surface area contributed by atoms with Gasteiger partial charge in [0, 0.05) is 12.6 Å². The Balaban J connectivity index is 1.85. The Labute approximate surface area is 168 Å². The van der Waals surface area contributed by atoms with Gasteiger partial charge in [-0.2, -0.15) is 0 Å². The van der Waals surface area contributed by atoms with Crippen LogP contribution in [0.4, 0.5) is 0 Å². The smallest absolute Gasteiger partial charge is 0.240 e. The number of fused-ring (bicyclic) bond motifs is 1. The number of likely N-dealkylation sites (N-methyl/N-ethyl adjacent to an activating group) is 1. The Bertz CT molecular complexity index is 1040. The van der Waals surface area contributed by atoms with Crippen molar-refractivity contribution in [2.75, 3.05) is 20.6 Å². The van der Waals surface area contributed by atoms with Gasteiger partial charge in [0.05, 0.1) is 4.90 Å². The van der Waals surface area contributed by atoms with Crippen LogP contribution in [0.2, 0.25) is 0 Å². The standard InChI is InChI=1S/C23H28N2O2S/c1-17(2)18-12-14-20(15-13-18)28(26,27)24-16-23(25(3)4)22-11-7-9-19-8-5-6-10-21(19)22/h5-15,17,23-24H,16H2,1-4H3/t23-/m0/s1. The first kappa shape index (κ1) is 20.5. The third-order valence-corrected chi connectivity index (χ3v) is 6.57. The minimum absolute atomic E-state index is 0.0733. The Morgan fingerprint density at radius 3 is 2.18 bits per heavy atom. The van der Waals surface area contributed by atoms with E-state index in [1.807, 2.05) is 49.3 Å². The predicted molar refractivity (Wildman–Crippen MR) is 116 cm³/mol. The fraction of sp³-hybridized carbons (Fsp3) is 0.304. The normalized spacial score (nSPS) is 13.4. The summed E-state index contributed by atoms with van der Waals surface area (Å²) in [7, 11) is 0.372. The molecule has 0 unspecified atom stereocenters. The molecule has 3 aromatic rings. The van der Waals surface area contributed by atoms with Crippen molar-refractivity contribution in [1.29, 1.82) is 0 Å². The summed E-state index contributed by atoms with van der Waals surface area (Å²) in [4.78, 5) is 2.35. The number of hydrogen-bond donors (Lipinski definition) is 1. The molecule has 0 aliphatic rings. The maximum atomic E-state index is 12.8. The first-order valence-corrected chi connectivity index (χ1v) is 11.0. The van der Waals surface area contributed by atoms with Crippen molar-refractivity contribution in [3.63, 3.8) is 0 Å². The minimum atomic E-state index is -3.57. The summed E-state index contributed by atoms with van der Waals surface area (Å²) < 4.78 is 28.4. The number of rotatable bonds is 7. The number of nitrogens with zero attached hydrogens (tertiary/aromatic N) is 1. The second-order valence-electron chi connectivity index (χ2n) is 7.62. The second kappa shape index (κ2) is 8.43. The molecule has 0 aromatic heterocycles. The molecule has 0 saturated carbocycles. The number of sulfonamides is 1. The van der Waals surface area contributed by atoms with Gasteiger partial charge in [0.25, 0.3) is 0 Å². The van der Waals surface area contributed by atoms with Crippen LogP contribution in [-0.2, 0) is 10.0 Å². The molecule has 3 rings (SSSR count). The van der Waals surface area contributed by atoms with E-state index in [4.69, 9.17) is 0 Å². The van der Waals surface area contributed by atoms with Crippen LogP contribution >= 0.6 is 0 Å². The summed E-state index contributed by atoms with van der Waals surface area (Å²) in [5.41, 5.74) is 2.24. The molecular formula is C23H28N2O2S. The van der Waals surface area contributed by atoms with Crippen molar-refractivity contribution in [2.24, 2.45) is 0 Å². The van der Waals surface area contributed by atoms with Gasteiger partial charge in [-0.05, 0) is 54.0 Å². The van der Waals surface area contributed by atoms with E-state index in [1.165, 1.54) is 0 Å². The summed E-state index contributed by atoms with van der Waals surface area (Å²) in [6.07, 6.45) is 0. The van der Waals surface area contributed by atoms with Gasteiger partial charge < -0.3 is 4.90 Å². The van der Waals surface area contributed by atoms with E-state index in [-0.39, 0.29) is 6.04 Å². The van der Waals surface area contributed by atoms with Crippen LogP contribution in [-0.4, -0.2) is 34.0 Å². The lowest BCUT2D eigenvalue weighted by molar-refractivity contribution is 0.301. The molecule has 4 nitrogen and oxygen atoms in total. The average Bonchev–Trinajstić information content (AvgIpc) is 2.68. The van der Waals surface area contributed by atoms with Gasteiger partial charge in [-0.1, -0.05) is 68.4 Å². The fourth-order valence-electron chi connectivity index (χ4n) is 3.42. The van der Waals surface area contributed by atoms with Crippen LogP contribution in [0.25, 0.3) is 10.8 Å². The van der Waals surface area contributed by atoms with Crippen molar-refractivity contribution >= 4 is 20.8 Å². The molecule has 0 aliphatic heterocycles. The fourth-order valence-corrected chi connectivity index (χ4v) is 4.45. The van der Waals surface area contributed by atoms with Crippen LogP contribution in [0.1, 0.15) is 36.9 Å². The van der Waals surface area contributed by atoms with Gasteiger partial charge in [0.1, 0.15) is 0 Å². The molecule has 28 heavy (non-hydrogen) atoms. The number of hydrogen-bond acceptors (Lipinski definition) is 3. The highest BCUT2D eigenvalue weighted by Gasteiger charge is 2.21. The highest BCUT2D eigenvalue weighted by molar-refractivity contribution is 7.89. The highest BCUT2D eigenvalue weighted by atomic mass is 32.2. The quantitative estimate of drug-likeness (QED) is 0.638. The topological polar surface area (TPSA) is 49.4 Å². The summed E-state index contributed by atoms with van der Waals surface area (Å²) in [6.45, 7) is 4.48. The van der Waals surface area contributed by atoms with Gasteiger partial charge in [0.2, 0.25) is 10.0 Å². The Hall–Kier alpha value is -2.21. The van der Waals surface area contributed by atoms with Crippen molar-refractivity contribution in [3.8, 4) is 0 Å². The first-order valence-electron chi connectivity index (χ1n) is 9.53. The van der Waals surface area contributed by atoms with Crippen LogP contribution in [0.3, 0.4) is 0 Å². The molecule has 0 spiro atoms. The molecule has 3 aromatic carbocycles. The minimum Gasteiger partial charge on any atom is -0.301 e. The van der Waals surface area contributed by atoms with Crippen molar-refractivity contribution in [1.82, 2.24) is 9.62 Å². The van der Waals surface area contributed by atoms with Crippen LogP contribution in [0.5, 0.6) is 0 Å². The molecule has 0 aliphatic carbocycles. The lowest BCUT2D eigenvalue weighted by Crippen LogP contribution is -2.34. The zero-order valence-electron chi connectivity index (χ0n) is 16.9. The zero-order valence-corrected chi connectivity index (χ0v) is 17.7. The van der Waals surface area contributed by atoms with Crippen molar-refractivity contribution in [3.05, 3.63) is 77.9 Å². The third kappa shape index (κ3) is 4.43. The largest absolute Gasteiger partial charge is 0.301 e. The molecule has 5 heteroatoms. The zero-order chi connectivity index (χ0) is 20.3. The molecular weight excluding hydrogens is 368 g/mol. The summed E-state index contributed by atoms with van der Waals surface area (Å²) in [5, 5.41) is 2.29. The molecule has 148 valence electrons. The van der Waals surface area contributed by atoms with Crippen molar-refractivity contribution in [2.45, 2.75) is 30.7 Å². The number of nitrogens with one attached hydrogen (secondary N) is 1. The lowest BCUT2D eigenvalue weighted by atomic mass is 9.98. The van der Waals surface area contributed by atoms with Crippen LogP contribution in [0, 0.1) is 0 Å². The molecule has 1 atom stereocenters. The maximum absolute atomic E-state index is 12.8.